The molecule has 0 aliphatic rings. The van der Waals surface area contributed by atoms with Crippen LogP contribution in [0.3, 0.4) is 0 Å². The van der Waals surface area contributed by atoms with Crippen LogP contribution in [0.5, 0.6) is 0 Å². The number of carbonyl (C=O) groups excluding carboxylic acids is 2. The van der Waals surface area contributed by atoms with Crippen LogP contribution in [0.25, 0.3) is 0 Å². The molecule has 5 nitrogen and oxygen atoms in total. The molecule has 1 rings (SSSR count). The Bertz CT molecular complexity index is 432. The number of primary amides is 1. The number of amides is 1. The number of nitrogens with two attached hydrogens (primary N) is 1. The average Bonchev–Trinajstić information content (AvgIpc) is 2.44. The minimum Gasteiger partial charge on any atom is -0.443 e. The molecule has 1 heterocycles. The molecule has 0 fully saturated rings. The fourth-order valence-electron chi connectivity index (χ4n) is 1.08. The first-order valence-electron chi connectivity index (χ1n) is 4.62. The number of aromatic nitrogens is 1. The van der Waals surface area contributed by atoms with Crippen LogP contribution in [0, 0.1) is 0 Å². The van der Waals surface area contributed by atoms with Crippen molar-refractivity contribution in [1.29, 1.82) is 0 Å². The molecule has 1 aromatic rings. The lowest BCUT2D eigenvalue weighted by atomic mass is 10.2. The molecule has 0 unspecified atom stereocenters. The summed E-state index contributed by atoms with van der Waals surface area (Å²) in [6.45, 7) is 5.23. The Kier molecular flexibility index (Phi) is 3.42. The lowest BCUT2D eigenvalue weighted by Crippen LogP contribution is -2.29. The first kappa shape index (κ1) is 12.8. The van der Waals surface area contributed by atoms with Gasteiger partial charge in [-0.1, -0.05) is 0 Å². The molecular formula is C10H13BrN2O3. The van der Waals surface area contributed by atoms with Crippen LogP contribution >= 0.6 is 15.9 Å². The minimum absolute atomic E-state index is 0.0844. The number of hydrogen-bond donors (Lipinski definition) is 1. The Morgan fingerprint density at radius 1 is 1.44 bits per heavy atom. The van der Waals surface area contributed by atoms with Crippen molar-refractivity contribution in [1.82, 2.24) is 4.57 Å². The normalized spacial score (nSPS) is 11.2. The molecule has 2 N–H and O–H groups in total. The van der Waals surface area contributed by atoms with Gasteiger partial charge in [0.25, 0.3) is 5.91 Å². The molecule has 0 radical (unpaired) electrons. The van der Waals surface area contributed by atoms with Crippen molar-refractivity contribution in [3.63, 3.8) is 0 Å². The van der Waals surface area contributed by atoms with E-state index < -0.39 is 17.6 Å². The van der Waals surface area contributed by atoms with Crippen molar-refractivity contribution in [2.45, 2.75) is 26.4 Å². The van der Waals surface area contributed by atoms with Crippen LogP contribution < -0.4 is 5.73 Å². The first-order chi connectivity index (χ1) is 7.20. The minimum atomic E-state index is -0.684. The Labute approximate surface area is 102 Å². The molecule has 0 aromatic carbocycles. The number of carbonyl (C=O) groups is 2. The average molecular weight is 289 g/mol. The lowest BCUT2D eigenvalue weighted by molar-refractivity contribution is 0.0528. The van der Waals surface area contributed by atoms with E-state index in [1.54, 1.807) is 20.8 Å². The van der Waals surface area contributed by atoms with Crippen molar-refractivity contribution in [3.05, 3.63) is 22.4 Å². The van der Waals surface area contributed by atoms with Gasteiger partial charge in [-0.05, 0) is 42.8 Å². The van der Waals surface area contributed by atoms with Crippen molar-refractivity contribution in [3.8, 4) is 0 Å². The summed E-state index contributed by atoms with van der Waals surface area (Å²) in [4.78, 5) is 22.8. The molecule has 6 heteroatoms. The van der Waals surface area contributed by atoms with Crippen LogP contribution in [0.1, 0.15) is 31.3 Å². The number of hydrogen-bond acceptors (Lipinski definition) is 3. The van der Waals surface area contributed by atoms with Crippen LogP contribution in [-0.4, -0.2) is 22.2 Å². The predicted octanol–water partition coefficient (Wildman–Crippen LogP) is 2.13. The highest BCUT2D eigenvalue weighted by Crippen LogP contribution is 2.17. The summed E-state index contributed by atoms with van der Waals surface area (Å²) in [5, 5.41) is 0. The molecule has 0 saturated carbocycles. The highest BCUT2D eigenvalue weighted by molar-refractivity contribution is 9.10. The number of rotatable bonds is 1. The van der Waals surface area contributed by atoms with E-state index in [1.807, 2.05) is 0 Å². The van der Waals surface area contributed by atoms with Gasteiger partial charge in [0.2, 0.25) is 0 Å². The van der Waals surface area contributed by atoms with Gasteiger partial charge in [0.1, 0.15) is 11.3 Å². The van der Waals surface area contributed by atoms with E-state index in [2.05, 4.69) is 15.9 Å². The summed E-state index contributed by atoms with van der Waals surface area (Å²) in [7, 11) is 0. The third-order valence-electron chi connectivity index (χ3n) is 1.63. The summed E-state index contributed by atoms with van der Waals surface area (Å²) in [5.41, 5.74) is 4.60. The van der Waals surface area contributed by atoms with Gasteiger partial charge in [0, 0.05) is 10.7 Å². The molecule has 0 atom stereocenters. The second-order valence-corrected chi connectivity index (χ2v) is 5.17. The van der Waals surface area contributed by atoms with Crippen LogP contribution in [0.2, 0.25) is 0 Å². The van der Waals surface area contributed by atoms with E-state index in [1.165, 1.54) is 12.3 Å². The zero-order valence-corrected chi connectivity index (χ0v) is 10.9. The fraction of sp³-hybridized carbons (Fsp3) is 0.400. The van der Waals surface area contributed by atoms with Gasteiger partial charge in [-0.15, -0.1) is 0 Å². The third kappa shape index (κ3) is 3.10. The van der Waals surface area contributed by atoms with Crippen LogP contribution in [0.4, 0.5) is 4.79 Å². The Morgan fingerprint density at radius 2 is 2.00 bits per heavy atom. The van der Waals surface area contributed by atoms with Crippen molar-refractivity contribution < 1.29 is 14.3 Å². The maximum atomic E-state index is 11.7. The van der Waals surface area contributed by atoms with E-state index in [-0.39, 0.29) is 5.69 Å². The smallest absolute Gasteiger partial charge is 0.419 e. The highest BCUT2D eigenvalue weighted by Gasteiger charge is 2.21. The van der Waals surface area contributed by atoms with Gasteiger partial charge >= 0.3 is 6.09 Å². The first-order valence-corrected chi connectivity index (χ1v) is 5.41. The van der Waals surface area contributed by atoms with Gasteiger partial charge in [-0.2, -0.15) is 0 Å². The second-order valence-electron chi connectivity index (χ2n) is 4.26. The topological polar surface area (TPSA) is 74.3 Å². The van der Waals surface area contributed by atoms with E-state index in [0.29, 0.717) is 4.47 Å². The molecule has 0 saturated heterocycles. The maximum Gasteiger partial charge on any atom is 0.419 e. The Hall–Kier alpha value is -1.30. The molecule has 88 valence electrons. The summed E-state index contributed by atoms with van der Waals surface area (Å²) in [6, 6.07) is 1.46. The van der Waals surface area contributed by atoms with E-state index in [4.69, 9.17) is 10.5 Å². The third-order valence-corrected chi connectivity index (χ3v) is 2.06. The van der Waals surface area contributed by atoms with Gasteiger partial charge < -0.3 is 10.5 Å². The van der Waals surface area contributed by atoms with Crippen LogP contribution in [0.15, 0.2) is 16.7 Å². The zero-order valence-electron chi connectivity index (χ0n) is 9.28. The van der Waals surface area contributed by atoms with Gasteiger partial charge in [-0.3, -0.25) is 4.79 Å². The SMILES string of the molecule is CC(C)(C)OC(=O)n1cc(Br)cc1C(N)=O. The lowest BCUT2D eigenvalue weighted by Gasteiger charge is -2.19. The fourth-order valence-corrected chi connectivity index (χ4v) is 1.50. The van der Waals surface area contributed by atoms with Crippen molar-refractivity contribution >= 4 is 27.9 Å². The molecule has 0 spiro atoms. The zero-order chi connectivity index (χ0) is 12.5. The molecule has 1 aromatic heterocycles. The van der Waals surface area contributed by atoms with E-state index >= 15 is 0 Å². The molecule has 0 aliphatic carbocycles. The summed E-state index contributed by atoms with van der Waals surface area (Å²) < 4.78 is 6.79. The monoisotopic (exact) mass is 288 g/mol. The molecule has 0 bridgehead atoms. The van der Waals surface area contributed by atoms with E-state index in [9.17, 15) is 9.59 Å². The second kappa shape index (κ2) is 4.29. The molecule has 16 heavy (non-hydrogen) atoms. The Morgan fingerprint density at radius 3 is 2.44 bits per heavy atom. The standard InChI is InChI=1S/C10H13BrN2O3/c1-10(2,3)16-9(15)13-5-6(11)4-7(13)8(12)14/h4-5H,1-3H3,(H2,12,14). The van der Waals surface area contributed by atoms with Crippen molar-refractivity contribution in [2.75, 3.05) is 0 Å². The van der Waals surface area contributed by atoms with Gasteiger partial charge in [-0.25, -0.2) is 9.36 Å². The number of ether oxygens (including phenoxy) is 1. The summed E-state index contributed by atoms with van der Waals surface area (Å²) in [6.07, 6.45) is 0.806. The van der Waals surface area contributed by atoms with E-state index in [0.717, 1.165) is 4.57 Å². The Balaban J connectivity index is 3.04. The summed E-state index contributed by atoms with van der Waals surface area (Å²) >= 11 is 3.16. The van der Waals surface area contributed by atoms with Gasteiger partial charge in [0.15, 0.2) is 0 Å². The molecule has 1 amide bonds. The molecular weight excluding hydrogens is 276 g/mol. The predicted molar refractivity (Wildman–Crippen MR) is 62.3 cm³/mol. The largest absolute Gasteiger partial charge is 0.443 e. The van der Waals surface area contributed by atoms with Gasteiger partial charge in [0.05, 0.1) is 0 Å². The molecule has 0 aliphatic heterocycles. The van der Waals surface area contributed by atoms with Crippen LogP contribution in [-0.2, 0) is 4.74 Å². The number of halogens is 1. The quantitative estimate of drug-likeness (QED) is 0.860. The highest BCUT2D eigenvalue weighted by atomic mass is 79.9. The maximum absolute atomic E-state index is 11.7. The summed E-state index contributed by atoms with van der Waals surface area (Å²) in [5.74, 6) is -0.684. The van der Waals surface area contributed by atoms with Crippen molar-refractivity contribution in [2.24, 2.45) is 5.73 Å². The number of nitrogens with zero attached hydrogens (tertiary/aromatic N) is 1.